The van der Waals surface area contributed by atoms with Crippen LogP contribution in [0.15, 0.2) is 48.5 Å². The van der Waals surface area contributed by atoms with Crippen molar-refractivity contribution in [1.82, 2.24) is 15.5 Å². The number of nitrogens with one attached hydrogen (secondary N) is 2. The fourth-order valence-electron chi connectivity index (χ4n) is 4.86. The van der Waals surface area contributed by atoms with Gasteiger partial charge in [0.15, 0.2) is 0 Å². The number of rotatable bonds is 7. The Kier molecular flexibility index (Phi) is 6.62. The minimum absolute atomic E-state index is 0.0549. The van der Waals surface area contributed by atoms with Gasteiger partial charge in [0.05, 0.1) is 7.11 Å². The summed E-state index contributed by atoms with van der Waals surface area (Å²) >= 11 is 0. The zero-order valence-electron chi connectivity index (χ0n) is 18.6. The van der Waals surface area contributed by atoms with Crippen LogP contribution in [0.4, 0.5) is 9.18 Å². The Bertz CT molecular complexity index is 1050. The lowest BCUT2D eigenvalue weighted by Gasteiger charge is -2.40. The molecule has 0 saturated carbocycles. The summed E-state index contributed by atoms with van der Waals surface area (Å²) in [5, 5.41) is 5.11. The Balaban J connectivity index is 1.40. The molecule has 0 spiro atoms. The number of hydrogen-bond donors (Lipinski definition) is 2. The highest BCUT2D eigenvalue weighted by molar-refractivity contribution is 6.07. The van der Waals surface area contributed by atoms with E-state index in [0.717, 1.165) is 11.3 Å². The average molecular weight is 454 g/mol. The Morgan fingerprint density at radius 3 is 2.58 bits per heavy atom. The smallest absolute Gasteiger partial charge is 0.322 e. The molecule has 2 aromatic rings. The summed E-state index contributed by atoms with van der Waals surface area (Å²) in [5.74, 6) is -0.224. The van der Waals surface area contributed by atoms with Crippen LogP contribution in [0, 0.1) is 11.7 Å². The van der Waals surface area contributed by atoms with E-state index >= 15 is 0 Å². The minimum atomic E-state index is -1.21. The van der Waals surface area contributed by atoms with Gasteiger partial charge in [0.2, 0.25) is 5.91 Å². The first kappa shape index (κ1) is 22.8. The van der Waals surface area contributed by atoms with Gasteiger partial charge in [-0.2, -0.15) is 0 Å². The summed E-state index contributed by atoms with van der Waals surface area (Å²) in [4.78, 5) is 39.4. The highest BCUT2D eigenvalue weighted by atomic mass is 19.1. The van der Waals surface area contributed by atoms with Crippen LogP contribution in [0.2, 0.25) is 0 Å². The van der Waals surface area contributed by atoms with Gasteiger partial charge in [0, 0.05) is 25.9 Å². The van der Waals surface area contributed by atoms with E-state index in [2.05, 4.69) is 10.6 Å². The molecule has 2 aromatic carbocycles. The lowest BCUT2D eigenvalue weighted by Crippen LogP contribution is -2.58. The first-order valence-electron chi connectivity index (χ1n) is 11.2. The summed E-state index contributed by atoms with van der Waals surface area (Å²) < 4.78 is 19.6. The van der Waals surface area contributed by atoms with Crippen LogP contribution in [0.5, 0.6) is 5.75 Å². The average Bonchev–Trinajstić information content (AvgIpc) is 3.12. The molecule has 0 bridgehead atoms. The maximum absolute atomic E-state index is 14.3. The highest BCUT2D eigenvalue weighted by Gasteiger charge is 2.52. The van der Waals surface area contributed by atoms with Crippen LogP contribution in [-0.4, -0.2) is 48.5 Å². The summed E-state index contributed by atoms with van der Waals surface area (Å²) in [6.07, 6.45) is 2.17. The largest absolute Gasteiger partial charge is 0.497 e. The van der Waals surface area contributed by atoms with E-state index in [1.807, 2.05) is 29.2 Å². The number of hydrogen-bond acceptors (Lipinski definition) is 4. The van der Waals surface area contributed by atoms with Crippen molar-refractivity contribution in [3.8, 4) is 5.75 Å². The lowest BCUT2D eigenvalue weighted by atomic mass is 9.74. The minimum Gasteiger partial charge on any atom is -0.497 e. The van der Waals surface area contributed by atoms with Gasteiger partial charge < -0.3 is 15.0 Å². The van der Waals surface area contributed by atoms with Crippen molar-refractivity contribution in [2.75, 3.05) is 20.2 Å². The molecule has 0 aromatic heterocycles. The van der Waals surface area contributed by atoms with E-state index in [1.54, 1.807) is 25.3 Å². The van der Waals surface area contributed by atoms with Crippen molar-refractivity contribution in [3.63, 3.8) is 0 Å². The Morgan fingerprint density at radius 1 is 1.15 bits per heavy atom. The number of nitrogens with zero attached hydrogens (tertiary/aromatic N) is 1. The van der Waals surface area contributed by atoms with Crippen molar-refractivity contribution >= 4 is 17.8 Å². The molecule has 174 valence electrons. The molecular weight excluding hydrogens is 425 g/mol. The number of benzene rings is 2. The zero-order chi connectivity index (χ0) is 23.4. The van der Waals surface area contributed by atoms with Gasteiger partial charge in [-0.15, -0.1) is 0 Å². The van der Waals surface area contributed by atoms with Gasteiger partial charge in [-0.1, -0.05) is 30.3 Å². The Hall–Kier alpha value is -3.42. The maximum Gasteiger partial charge on any atom is 0.322 e. The summed E-state index contributed by atoms with van der Waals surface area (Å²) in [6.45, 7) is 0.980. The molecule has 4 amide bonds. The molecule has 2 fully saturated rings. The number of piperidine rings is 1. The third-order valence-corrected chi connectivity index (χ3v) is 6.70. The van der Waals surface area contributed by atoms with Crippen LogP contribution in [0.25, 0.3) is 0 Å². The van der Waals surface area contributed by atoms with Crippen molar-refractivity contribution in [3.05, 3.63) is 65.5 Å². The number of imide groups is 1. The second-order valence-corrected chi connectivity index (χ2v) is 8.65. The van der Waals surface area contributed by atoms with Gasteiger partial charge >= 0.3 is 6.03 Å². The molecule has 1 unspecified atom stereocenters. The normalized spacial score (nSPS) is 21.0. The second kappa shape index (κ2) is 9.60. The number of halogens is 1. The predicted molar refractivity (Wildman–Crippen MR) is 120 cm³/mol. The van der Waals surface area contributed by atoms with E-state index < -0.39 is 23.3 Å². The van der Waals surface area contributed by atoms with Crippen LogP contribution < -0.4 is 15.4 Å². The summed E-state index contributed by atoms with van der Waals surface area (Å²) in [7, 11) is 1.61. The molecule has 2 aliphatic heterocycles. The number of carbonyl (C=O) groups excluding carboxylic acids is 3. The zero-order valence-corrected chi connectivity index (χ0v) is 18.6. The van der Waals surface area contributed by atoms with Gasteiger partial charge in [-0.3, -0.25) is 14.9 Å². The van der Waals surface area contributed by atoms with E-state index in [9.17, 15) is 18.8 Å². The van der Waals surface area contributed by atoms with Gasteiger partial charge in [0.25, 0.3) is 5.91 Å². The number of urea groups is 1. The number of aryl methyl sites for hydroxylation is 1. The molecule has 8 heteroatoms. The van der Waals surface area contributed by atoms with Gasteiger partial charge in [-0.05, 0) is 54.5 Å². The van der Waals surface area contributed by atoms with Crippen molar-refractivity contribution in [1.29, 1.82) is 0 Å². The van der Waals surface area contributed by atoms with Crippen molar-refractivity contribution < 1.29 is 23.5 Å². The van der Waals surface area contributed by atoms with Gasteiger partial charge in [-0.25, -0.2) is 9.18 Å². The van der Waals surface area contributed by atoms with Crippen molar-refractivity contribution in [2.24, 2.45) is 5.92 Å². The maximum atomic E-state index is 14.3. The van der Waals surface area contributed by atoms with E-state index in [-0.39, 0.29) is 18.2 Å². The van der Waals surface area contributed by atoms with Crippen LogP contribution in [-0.2, 0) is 22.4 Å². The van der Waals surface area contributed by atoms with Crippen LogP contribution in [0.3, 0.4) is 0 Å². The van der Waals surface area contributed by atoms with E-state index in [1.165, 1.54) is 6.07 Å². The first-order chi connectivity index (χ1) is 15.9. The molecule has 2 N–H and O–H groups in total. The standard InChI is InChI=1S/C25H28FN3O4/c1-33-20-7-4-5-17(15-20)9-10-22(30)29-13-11-19(12-14-29)25(23(31)27-24(32)28-25)16-18-6-2-3-8-21(18)26/h2-8,15,19H,9-14,16H2,1H3,(H2,27,28,31,32). The third-order valence-electron chi connectivity index (χ3n) is 6.70. The van der Waals surface area contributed by atoms with Crippen molar-refractivity contribution in [2.45, 2.75) is 37.6 Å². The summed E-state index contributed by atoms with van der Waals surface area (Å²) in [6, 6.07) is 13.4. The molecule has 0 aliphatic carbocycles. The highest BCUT2D eigenvalue weighted by Crippen LogP contribution is 2.34. The number of methoxy groups -OCH3 is 1. The number of likely N-dealkylation sites (tertiary alicyclic amines) is 1. The number of carbonyl (C=O) groups is 3. The predicted octanol–water partition coefficient (Wildman–Crippen LogP) is 2.83. The van der Waals surface area contributed by atoms with E-state index in [0.29, 0.717) is 44.3 Å². The molecule has 2 saturated heterocycles. The summed E-state index contributed by atoms with van der Waals surface area (Å²) in [5.41, 5.74) is 0.202. The SMILES string of the molecule is COc1cccc(CCC(=O)N2CCC(C3(Cc4ccccc4F)NC(=O)NC3=O)CC2)c1. The topological polar surface area (TPSA) is 87.7 Å². The molecular formula is C25H28FN3O4. The van der Waals surface area contributed by atoms with E-state index in [4.69, 9.17) is 4.74 Å². The Morgan fingerprint density at radius 2 is 1.91 bits per heavy atom. The molecule has 4 rings (SSSR count). The molecule has 7 nitrogen and oxygen atoms in total. The lowest BCUT2D eigenvalue weighted by molar-refractivity contribution is -0.133. The first-order valence-corrected chi connectivity index (χ1v) is 11.2. The molecule has 33 heavy (non-hydrogen) atoms. The molecule has 1 atom stereocenters. The molecule has 2 heterocycles. The molecule has 2 aliphatic rings. The van der Waals surface area contributed by atoms with Crippen LogP contribution in [0.1, 0.15) is 30.4 Å². The number of ether oxygens (including phenoxy) is 1. The monoisotopic (exact) mass is 453 g/mol. The third kappa shape index (κ3) is 4.84. The molecule has 0 radical (unpaired) electrons. The van der Waals surface area contributed by atoms with Crippen LogP contribution >= 0.6 is 0 Å². The quantitative estimate of drug-likeness (QED) is 0.631. The fraction of sp³-hybridized carbons (Fsp3) is 0.400. The second-order valence-electron chi connectivity index (χ2n) is 8.65. The fourth-order valence-corrected chi connectivity index (χ4v) is 4.86. The Labute approximate surface area is 192 Å². The van der Waals surface area contributed by atoms with Gasteiger partial charge in [0.1, 0.15) is 17.1 Å². The number of amides is 4.